The van der Waals surface area contributed by atoms with Gasteiger partial charge in [-0.05, 0) is 19.1 Å². The maximum absolute atomic E-state index is 13.5. The fourth-order valence-corrected chi connectivity index (χ4v) is 1.72. The van der Waals surface area contributed by atoms with Crippen molar-refractivity contribution in [1.29, 1.82) is 0 Å². The molecule has 4 nitrogen and oxygen atoms in total. The molecule has 1 unspecified atom stereocenters. The van der Waals surface area contributed by atoms with Gasteiger partial charge in [-0.1, -0.05) is 0 Å². The number of hydrogen-bond donors (Lipinski definition) is 1. The third kappa shape index (κ3) is 1.81. The van der Waals surface area contributed by atoms with Crippen molar-refractivity contribution in [1.82, 2.24) is 14.8 Å². The Balaban J connectivity index is 2.43. The Labute approximate surface area is 92.9 Å². The molecule has 16 heavy (non-hydrogen) atoms. The molecule has 2 rings (SSSR count). The van der Waals surface area contributed by atoms with Gasteiger partial charge in [-0.2, -0.15) is 5.10 Å². The molecule has 1 atom stereocenters. The number of nitrogens with two attached hydrogens (primary N) is 1. The fraction of sp³-hybridized carbons (Fsp3) is 0.273. The van der Waals surface area contributed by atoms with Gasteiger partial charge in [-0.15, -0.1) is 0 Å². The predicted molar refractivity (Wildman–Crippen MR) is 58.2 cm³/mol. The molecule has 5 heteroatoms. The molecule has 0 aliphatic heterocycles. The molecule has 0 fully saturated rings. The molecule has 0 bridgehead atoms. The summed E-state index contributed by atoms with van der Waals surface area (Å²) in [6, 6.07) is 2.92. The van der Waals surface area contributed by atoms with Gasteiger partial charge in [0.05, 0.1) is 23.6 Å². The zero-order valence-electron chi connectivity index (χ0n) is 9.18. The highest BCUT2D eigenvalue weighted by Crippen LogP contribution is 2.21. The fourth-order valence-electron chi connectivity index (χ4n) is 1.72. The summed E-state index contributed by atoms with van der Waals surface area (Å²) in [5.74, 6) is -0.395. The van der Waals surface area contributed by atoms with Crippen LogP contribution in [0, 0.1) is 12.7 Å². The van der Waals surface area contributed by atoms with Crippen molar-refractivity contribution in [2.45, 2.75) is 13.0 Å². The van der Waals surface area contributed by atoms with Crippen molar-refractivity contribution >= 4 is 0 Å². The van der Waals surface area contributed by atoms with Gasteiger partial charge in [0, 0.05) is 18.8 Å². The highest BCUT2D eigenvalue weighted by atomic mass is 19.1. The van der Waals surface area contributed by atoms with E-state index in [1.165, 1.54) is 12.4 Å². The highest BCUT2D eigenvalue weighted by Gasteiger charge is 2.17. The van der Waals surface area contributed by atoms with Crippen LogP contribution in [0.5, 0.6) is 0 Å². The van der Waals surface area contributed by atoms with Crippen LogP contribution in [-0.2, 0) is 7.05 Å². The van der Waals surface area contributed by atoms with E-state index < -0.39 is 11.9 Å². The summed E-state index contributed by atoms with van der Waals surface area (Å²) in [4.78, 5) is 3.70. The van der Waals surface area contributed by atoms with Crippen LogP contribution in [0.15, 0.2) is 24.5 Å². The van der Waals surface area contributed by atoms with E-state index in [1.54, 1.807) is 17.8 Å². The average Bonchev–Trinajstić information content (AvgIpc) is 2.58. The van der Waals surface area contributed by atoms with Gasteiger partial charge in [0.15, 0.2) is 0 Å². The Morgan fingerprint density at radius 1 is 1.50 bits per heavy atom. The van der Waals surface area contributed by atoms with Crippen LogP contribution in [0.3, 0.4) is 0 Å². The summed E-state index contributed by atoms with van der Waals surface area (Å²) in [5.41, 5.74) is 8.07. The molecular weight excluding hydrogens is 207 g/mol. The third-order valence-electron chi connectivity index (χ3n) is 2.50. The van der Waals surface area contributed by atoms with E-state index in [-0.39, 0.29) is 0 Å². The molecule has 0 saturated heterocycles. The third-order valence-corrected chi connectivity index (χ3v) is 2.50. The maximum Gasteiger partial charge on any atom is 0.146 e. The lowest BCUT2D eigenvalue weighted by Gasteiger charge is -2.12. The van der Waals surface area contributed by atoms with E-state index >= 15 is 0 Å². The van der Waals surface area contributed by atoms with Crippen molar-refractivity contribution in [3.05, 3.63) is 47.3 Å². The van der Waals surface area contributed by atoms with Crippen molar-refractivity contribution in [2.24, 2.45) is 12.8 Å². The SMILES string of the molecule is Cc1cc(C(N)c2ccncc2F)n(C)n1. The quantitative estimate of drug-likeness (QED) is 0.830. The molecule has 2 aromatic heterocycles. The first-order chi connectivity index (χ1) is 7.59. The summed E-state index contributed by atoms with van der Waals surface area (Å²) in [6.07, 6.45) is 2.69. The second-order valence-corrected chi connectivity index (χ2v) is 3.71. The molecule has 0 aliphatic rings. The number of aryl methyl sites for hydroxylation is 2. The molecule has 0 aromatic carbocycles. The normalized spacial score (nSPS) is 12.8. The van der Waals surface area contributed by atoms with Crippen molar-refractivity contribution < 1.29 is 4.39 Å². The summed E-state index contributed by atoms with van der Waals surface area (Å²) in [5, 5.41) is 4.19. The van der Waals surface area contributed by atoms with Crippen LogP contribution in [-0.4, -0.2) is 14.8 Å². The van der Waals surface area contributed by atoms with Crippen LogP contribution in [0.2, 0.25) is 0 Å². The minimum atomic E-state index is -0.519. The summed E-state index contributed by atoms with van der Waals surface area (Å²) < 4.78 is 15.2. The summed E-state index contributed by atoms with van der Waals surface area (Å²) in [6.45, 7) is 1.87. The highest BCUT2D eigenvalue weighted by molar-refractivity contribution is 5.27. The Hall–Kier alpha value is -1.75. The molecule has 2 aromatic rings. The maximum atomic E-state index is 13.5. The molecular formula is C11H13FN4. The van der Waals surface area contributed by atoms with Gasteiger partial charge < -0.3 is 5.73 Å². The molecule has 2 heterocycles. The first kappa shape index (κ1) is 10.8. The monoisotopic (exact) mass is 220 g/mol. The second-order valence-electron chi connectivity index (χ2n) is 3.71. The Morgan fingerprint density at radius 2 is 2.25 bits per heavy atom. The van der Waals surface area contributed by atoms with E-state index in [0.717, 1.165) is 11.4 Å². The minimum Gasteiger partial charge on any atom is -0.319 e. The zero-order valence-corrected chi connectivity index (χ0v) is 9.18. The van der Waals surface area contributed by atoms with E-state index in [1.807, 2.05) is 13.0 Å². The van der Waals surface area contributed by atoms with Gasteiger partial charge in [0.1, 0.15) is 5.82 Å². The molecule has 0 saturated carbocycles. The number of pyridine rings is 1. The molecule has 84 valence electrons. The standard InChI is InChI=1S/C11H13FN4/c1-7-5-10(16(2)15-7)11(13)8-3-4-14-6-9(8)12/h3-6,11H,13H2,1-2H3. The number of halogens is 1. The Morgan fingerprint density at radius 3 is 2.81 bits per heavy atom. The summed E-state index contributed by atoms with van der Waals surface area (Å²) >= 11 is 0. The Bertz CT molecular complexity index is 506. The van der Waals surface area contributed by atoms with Gasteiger partial charge in [-0.25, -0.2) is 4.39 Å². The number of hydrogen-bond acceptors (Lipinski definition) is 3. The number of aromatic nitrogens is 3. The first-order valence-corrected chi connectivity index (χ1v) is 4.95. The largest absolute Gasteiger partial charge is 0.319 e. The smallest absolute Gasteiger partial charge is 0.146 e. The zero-order chi connectivity index (χ0) is 11.7. The Kier molecular flexibility index (Phi) is 2.70. The molecule has 0 amide bonds. The average molecular weight is 220 g/mol. The molecule has 2 N–H and O–H groups in total. The number of nitrogens with zero attached hydrogens (tertiary/aromatic N) is 3. The second kappa shape index (κ2) is 4.02. The van der Waals surface area contributed by atoms with Gasteiger partial charge >= 0.3 is 0 Å². The van der Waals surface area contributed by atoms with E-state index in [0.29, 0.717) is 5.56 Å². The van der Waals surface area contributed by atoms with Crippen LogP contribution < -0.4 is 5.73 Å². The van der Waals surface area contributed by atoms with Crippen LogP contribution >= 0.6 is 0 Å². The van der Waals surface area contributed by atoms with E-state index in [4.69, 9.17) is 5.73 Å². The predicted octanol–water partition coefficient (Wildman–Crippen LogP) is 1.31. The number of rotatable bonds is 2. The van der Waals surface area contributed by atoms with Crippen LogP contribution in [0.25, 0.3) is 0 Å². The molecule has 0 aliphatic carbocycles. The van der Waals surface area contributed by atoms with Crippen molar-refractivity contribution in [3.63, 3.8) is 0 Å². The van der Waals surface area contributed by atoms with Gasteiger partial charge in [-0.3, -0.25) is 9.67 Å². The van der Waals surface area contributed by atoms with Crippen molar-refractivity contribution in [3.8, 4) is 0 Å². The minimum absolute atomic E-state index is 0.395. The lowest BCUT2D eigenvalue weighted by atomic mass is 10.1. The van der Waals surface area contributed by atoms with Crippen molar-refractivity contribution in [2.75, 3.05) is 0 Å². The lowest BCUT2D eigenvalue weighted by Crippen LogP contribution is -2.17. The topological polar surface area (TPSA) is 56.7 Å². The van der Waals surface area contributed by atoms with Gasteiger partial charge in [0.25, 0.3) is 0 Å². The molecule has 0 spiro atoms. The van der Waals surface area contributed by atoms with E-state index in [9.17, 15) is 4.39 Å². The lowest BCUT2D eigenvalue weighted by molar-refractivity contribution is 0.580. The van der Waals surface area contributed by atoms with Crippen LogP contribution in [0.4, 0.5) is 4.39 Å². The van der Waals surface area contributed by atoms with Crippen LogP contribution in [0.1, 0.15) is 23.0 Å². The first-order valence-electron chi connectivity index (χ1n) is 4.95. The summed E-state index contributed by atoms with van der Waals surface area (Å²) in [7, 11) is 1.79. The van der Waals surface area contributed by atoms with Gasteiger partial charge in [0.2, 0.25) is 0 Å². The molecule has 0 radical (unpaired) electrons. The van der Waals surface area contributed by atoms with E-state index in [2.05, 4.69) is 10.1 Å².